The summed E-state index contributed by atoms with van der Waals surface area (Å²) in [5, 5.41) is 3.15. The maximum absolute atomic E-state index is 12.4. The Morgan fingerprint density at radius 3 is 2.85 bits per heavy atom. The zero-order valence-electron chi connectivity index (χ0n) is 12.5. The highest BCUT2D eigenvalue weighted by atomic mass is 16.1. The molecule has 0 bridgehead atoms. The Morgan fingerprint density at radius 2 is 2.20 bits per heavy atom. The third kappa shape index (κ3) is 3.10. The average Bonchev–Trinajstić information content (AvgIpc) is 2.40. The summed E-state index contributed by atoms with van der Waals surface area (Å²) in [7, 11) is 0. The van der Waals surface area contributed by atoms with Gasteiger partial charge in [0.05, 0.1) is 11.3 Å². The second-order valence-corrected chi connectivity index (χ2v) is 6.28. The molecule has 20 heavy (non-hydrogen) atoms. The summed E-state index contributed by atoms with van der Waals surface area (Å²) >= 11 is 0. The molecule has 1 fully saturated rings. The Kier molecular flexibility index (Phi) is 4.28. The van der Waals surface area contributed by atoms with Gasteiger partial charge in [0.2, 0.25) is 0 Å². The van der Waals surface area contributed by atoms with Gasteiger partial charge in [-0.2, -0.15) is 0 Å². The molecule has 0 aromatic carbocycles. The summed E-state index contributed by atoms with van der Waals surface area (Å²) in [5.41, 5.74) is 4.66. The van der Waals surface area contributed by atoms with E-state index in [9.17, 15) is 4.79 Å². The first-order valence-corrected chi connectivity index (χ1v) is 7.18. The van der Waals surface area contributed by atoms with Gasteiger partial charge >= 0.3 is 0 Å². The van der Waals surface area contributed by atoms with E-state index in [0.29, 0.717) is 11.3 Å². The molecule has 0 radical (unpaired) electrons. The number of anilines is 1. The minimum absolute atomic E-state index is 0.106. The summed E-state index contributed by atoms with van der Waals surface area (Å²) < 4.78 is 0. The van der Waals surface area contributed by atoms with Gasteiger partial charge in [-0.25, -0.2) is 0 Å². The van der Waals surface area contributed by atoms with Crippen molar-refractivity contribution in [2.75, 3.05) is 5.43 Å². The molecule has 1 atom stereocenters. The van der Waals surface area contributed by atoms with Crippen LogP contribution in [0.5, 0.6) is 0 Å². The molecule has 1 heterocycles. The maximum atomic E-state index is 12.4. The number of pyridine rings is 1. The standard InChI is InChI=1S/C15H24N4O/c1-10-8-12(19-16)11(9-17-10)14(20)18-13-6-4-5-7-15(13,2)3/h8-9,13H,4-7,16H2,1-3H3,(H,17,19)(H,18,20). The molecule has 2 rings (SSSR count). The van der Waals surface area contributed by atoms with Crippen molar-refractivity contribution in [3.05, 3.63) is 23.5 Å². The number of aryl methyl sites for hydroxylation is 1. The molecule has 1 unspecified atom stereocenters. The molecule has 1 aliphatic carbocycles. The van der Waals surface area contributed by atoms with E-state index in [1.165, 1.54) is 12.8 Å². The Balaban J connectivity index is 2.16. The normalized spacial score (nSPS) is 21.3. The topological polar surface area (TPSA) is 80.0 Å². The second kappa shape index (κ2) is 5.79. The number of amides is 1. The molecule has 1 aromatic rings. The van der Waals surface area contributed by atoms with Crippen LogP contribution >= 0.6 is 0 Å². The first kappa shape index (κ1) is 14.8. The third-order valence-corrected chi connectivity index (χ3v) is 4.25. The van der Waals surface area contributed by atoms with Crippen molar-refractivity contribution in [3.63, 3.8) is 0 Å². The second-order valence-electron chi connectivity index (χ2n) is 6.28. The molecule has 1 amide bonds. The Bertz CT molecular complexity index is 499. The van der Waals surface area contributed by atoms with Crippen LogP contribution in [0.3, 0.4) is 0 Å². The number of aromatic nitrogens is 1. The molecule has 5 heteroatoms. The van der Waals surface area contributed by atoms with Crippen molar-refractivity contribution in [3.8, 4) is 0 Å². The van der Waals surface area contributed by atoms with E-state index in [1.54, 1.807) is 12.3 Å². The van der Waals surface area contributed by atoms with Gasteiger partial charge in [-0.3, -0.25) is 15.6 Å². The smallest absolute Gasteiger partial charge is 0.255 e. The fourth-order valence-corrected chi connectivity index (χ4v) is 2.86. The molecular weight excluding hydrogens is 252 g/mol. The molecule has 0 aliphatic heterocycles. The predicted molar refractivity (Wildman–Crippen MR) is 80.3 cm³/mol. The van der Waals surface area contributed by atoms with Crippen LogP contribution in [0.15, 0.2) is 12.3 Å². The van der Waals surface area contributed by atoms with Gasteiger partial charge in [0, 0.05) is 17.9 Å². The zero-order chi connectivity index (χ0) is 14.8. The number of hydrogen-bond donors (Lipinski definition) is 3. The van der Waals surface area contributed by atoms with Crippen molar-refractivity contribution in [1.82, 2.24) is 10.3 Å². The number of nitrogens with zero attached hydrogens (tertiary/aromatic N) is 1. The largest absolute Gasteiger partial charge is 0.349 e. The van der Waals surface area contributed by atoms with E-state index in [1.807, 2.05) is 6.92 Å². The molecule has 1 saturated carbocycles. The zero-order valence-corrected chi connectivity index (χ0v) is 12.5. The van der Waals surface area contributed by atoms with Crippen molar-refractivity contribution >= 4 is 11.6 Å². The van der Waals surface area contributed by atoms with Crippen LogP contribution in [0.25, 0.3) is 0 Å². The fraction of sp³-hybridized carbons (Fsp3) is 0.600. The van der Waals surface area contributed by atoms with Crippen LogP contribution in [0, 0.1) is 12.3 Å². The summed E-state index contributed by atoms with van der Waals surface area (Å²) in [6.45, 7) is 6.30. The Hall–Kier alpha value is -1.62. The molecular formula is C15H24N4O. The summed E-state index contributed by atoms with van der Waals surface area (Å²) in [6, 6.07) is 1.98. The highest BCUT2D eigenvalue weighted by Crippen LogP contribution is 2.35. The number of carbonyl (C=O) groups excluding carboxylic acids is 1. The molecule has 5 nitrogen and oxygen atoms in total. The van der Waals surface area contributed by atoms with Gasteiger partial charge in [-0.15, -0.1) is 0 Å². The van der Waals surface area contributed by atoms with Crippen molar-refractivity contribution in [1.29, 1.82) is 0 Å². The first-order valence-electron chi connectivity index (χ1n) is 7.18. The number of hydrazine groups is 1. The molecule has 0 spiro atoms. The molecule has 0 saturated heterocycles. The monoisotopic (exact) mass is 276 g/mol. The Labute approximate surface area is 120 Å². The van der Waals surface area contributed by atoms with Crippen LogP contribution in [0.2, 0.25) is 0 Å². The SMILES string of the molecule is Cc1cc(NN)c(C(=O)NC2CCCCC2(C)C)cn1. The van der Waals surface area contributed by atoms with Crippen LogP contribution in [-0.4, -0.2) is 16.9 Å². The van der Waals surface area contributed by atoms with E-state index in [0.717, 1.165) is 18.5 Å². The quantitative estimate of drug-likeness (QED) is 0.585. The summed E-state index contributed by atoms with van der Waals surface area (Å²) in [5.74, 6) is 5.38. The van der Waals surface area contributed by atoms with E-state index >= 15 is 0 Å². The lowest BCUT2D eigenvalue weighted by Gasteiger charge is -2.39. The van der Waals surface area contributed by atoms with Gasteiger partial charge in [-0.1, -0.05) is 26.7 Å². The highest BCUT2D eigenvalue weighted by Gasteiger charge is 2.33. The lowest BCUT2D eigenvalue weighted by Crippen LogP contribution is -2.47. The fourth-order valence-electron chi connectivity index (χ4n) is 2.86. The van der Waals surface area contributed by atoms with Crippen molar-refractivity contribution in [2.45, 2.75) is 52.5 Å². The van der Waals surface area contributed by atoms with Gasteiger partial charge in [0.1, 0.15) is 0 Å². The van der Waals surface area contributed by atoms with Gasteiger partial charge in [0.25, 0.3) is 5.91 Å². The van der Waals surface area contributed by atoms with E-state index in [2.05, 4.69) is 29.6 Å². The summed E-state index contributed by atoms with van der Waals surface area (Å²) in [6.07, 6.45) is 6.16. The molecule has 1 aliphatic rings. The van der Waals surface area contributed by atoms with E-state index < -0.39 is 0 Å². The lowest BCUT2D eigenvalue weighted by molar-refractivity contribution is 0.0854. The minimum atomic E-state index is -0.106. The molecule has 110 valence electrons. The molecule has 4 N–H and O–H groups in total. The van der Waals surface area contributed by atoms with Crippen molar-refractivity contribution < 1.29 is 4.79 Å². The van der Waals surface area contributed by atoms with Gasteiger partial charge in [0.15, 0.2) is 0 Å². The van der Waals surface area contributed by atoms with Crippen LogP contribution in [-0.2, 0) is 0 Å². The Morgan fingerprint density at radius 1 is 1.45 bits per heavy atom. The first-order chi connectivity index (χ1) is 9.44. The highest BCUT2D eigenvalue weighted by molar-refractivity contribution is 5.99. The minimum Gasteiger partial charge on any atom is -0.349 e. The number of nitrogen functional groups attached to an aromatic ring is 1. The van der Waals surface area contributed by atoms with Crippen LogP contribution in [0.1, 0.15) is 55.6 Å². The summed E-state index contributed by atoms with van der Waals surface area (Å²) in [4.78, 5) is 16.6. The van der Waals surface area contributed by atoms with Gasteiger partial charge < -0.3 is 10.7 Å². The number of nitrogens with one attached hydrogen (secondary N) is 2. The number of hydrogen-bond acceptors (Lipinski definition) is 4. The lowest BCUT2D eigenvalue weighted by atomic mass is 9.73. The third-order valence-electron chi connectivity index (χ3n) is 4.25. The molecule has 1 aromatic heterocycles. The average molecular weight is 276 g/mol. The van der Waals surface area contributed by atoms with Crippen LogP contribution < -0.4 is 16.6 Å². The van der Waals surface area contributed by atoms with E-state index in [-0.39, 0.29) is 17.4 Å². The number of rotatable bonds is 3. The predicted octanol–water partition coefficient (Wildman–Crippen LogP) is 2.37. The number of nitrogens with two attached hydrogens (primary N) is 1. The van der Waals surface area contributed by atoms with Crippen molar-refractivity contribution in [2.24, 2.45) is 11.3 Å². The number of carbonyl (C=O) groups is 1. The van der Waals surface area contributed by atoms with E-state index in [4.69, 9.17) is 5.84 Å². The van der Waals surface area contributed by atoms with Gasteiger partial charge in [-0.05, 0) is 31.2 Å². The van der Waals surface area contributed by atoms with Crippen LogP contribution in [0.4, 0.5) is 5.69 Å². The maximum Gasteiger partial charge on any atom is 0.255 e.